The van der Waals surface area contributed by atoms with E-state index >= 15 is 0 Å². The van der Waals surface area contributed by atoms with Crippen LogP contribution in [0.2, 0.25) is 0 Å². The molecule has 2 amide bonds. The fourth-order valence-corrected chi connectivity index (χ4v) is 3.45. The minimum atomic E-state index is -0.334. The molecule has 1 aliphatic rings. The first-order valence-corrected chi connectivity index (χ1v) is 10.9. The predicted octanol–water partition coefficient (Wildman–Crippen LogP) is 4.42. The van der Waals surface area contributed by atoms with E-state index in [1.165, 1.54) is 0 Å². The molecule has 0 saturated carbocycles. The van der Waals surface area contributed by atoms with E-state index < -0.39 is 0 Å². The van der Waals surface area contributed by atoms with Crippen LogP contribution in [0.3, 0.4) is 0 Å². The van der Waals surface area contributed by atoms with Gasteiger partial charge in [0.25, 0.3) is 11.8 Å². The number of nitrogens with zero attached hydrogens (tertiary/aromatic N) is 1. The Morgan fingerprint density at radius 1 is 0.909 bits per heavy atom. The topological polar surface area (TPSA) is 67.9 Å². The van der Waals surface area contributed by atoms with Gasteiger partial charge in [0, 0.05) is 18.7 Å². The van der Waals surface area contributed by atoms with Gasteiger partial charge in [-0.05, 0) is 55.0 Å². The summed E-state index contributed by atoms with van der Waals surface area (Å²) in [5.41, 5.74) is 2.49. The number of nitrogens with one attached hydrogen (secondary N) is 1. The Morgan fingerprint density at radius 2 is 1.61 bits per heavy atom. The van der Waals surface area contributed by atoms with Crippen LogP contribution >= 0.6 is 0 Å². The first-order chi connectivity index (χ1) is 16.1. The lowest BCUT2D eigenvalue weighted by Crippen LogP contribution is -2.44. The summed E-state index contributed by atoms with van der Waals surface area (Å²) in [5.74, 6) is 0.779. The highest BCUT2D eigenvalue weighted by molar-refractivity contribution is 6.05. The third kappa shape index (κ3) is 6.08. The van der Waals surface area contributed by atoms with Gasteiger partial charge in [-0.25, -0.2) is 0 Å². The van der Waals surface area contributed by atoms with Crippen LogP contribution in [0, 0.1) is 6.92 Å². The number of hydrogen-bond acceptors (Lipinski definition) is 4. The number of amides is 2. The Hall–Kier alpha value is -3.90. The largest absolute Gasteiger partial charge is 0.457 e. The van der Waals surface area contributed by atoms with Crippen LogP contribution < -0.4 is 10.1 Å². The summed E-state index contributed by atoms with van der Waals surface area (Å²) in [6.45, 7) is 3.87. The van der Waals surface area contributed by atoms with Crippen molar-refractivity contribution in [3.8, 4) is 11.5 Å². The molecule has 1 saturated heterocycles. The van der Waals surface area contributed by atoms with E-state index in [1.54, 1.807) is 23.1 Å². The van der Waals surface area contributed by atoms with E-state index in [9.17, 15) is 9.59 Å². The van der Waals surface area contributed by atoms with Crippen molar-refractivity contribution in [2.75, 3.05) is 26.3 Å². The minimum Gasteiger partial charge on any atom is -0.457 e. The third-order valence-corrected chi connectivity index (χ3v) is 5.24. The van der Waals surface area contributed by atoms with Crippen molar-refractivity contribution in [2.24, 2.45) is 0 Å². The molecule has 0 atom stereocenters. The summed E-state index contributed by atoms with van der Waals surface area (Å²) in [7, 11) is 0. The van der Waals surface area contributed by atoms with Gasteiger partial charge in [0.1, 0.15) is 17.2 Å². The van der Waals surface area contributed by atoms with Gasteiger partial charge in [0.15, 0.2) is 0 Å². The molecule has 0 aromatic heterocycles. The van der Waals surface area contributed by atoms with Crippen LogP contribution in [-0.2, 0) is 9.53 Å². The lowest BCUT2D eigenvalue weighted by Gasteiger charge is -2.28. The van der Waals surface area contributed by atoms with Gasteiger partial charge in [-0.3, -0.25) is 9.59 Å². The molecule has 33 heavy (non-hydrogen) atoms. The van der Waals surface area contributed by atoms with Crippen molar-refractivity contribution < 1.29 is 19.1 Å². The van der Waals surface area contributed by atoms with Crippen LogP contribution in [0.25, 0.3) is 6.08 Å². The molecule has 3 aromatic rings. The average molecular weight is 443 g/mol. The summed E-state index contributed by atoms with van der Waals surface area (Å²) in [4.78, 5) is 27.8. The minimum absolute atomic E-state index is 0.208. The van der Waals surface area contributed by atoms with Gasteiger partial charge in [0.2, 0.25) is 0 Å². The predicted molar refractivity (Wildman–Crippen MR) is 127 cm³/mol. The summed E-state index contributed by atoms with van der Waals surface area (Å²) in [6.07, 6.45) is 1.68. The summed E-state index contributed by atoms with van der Waals surface area (Å²) >= 11 is 0. The van der Waals surface area contributed by atoms with Crippen molar-refractivity contribution in [3.63, 3.8) is 0 Å². The maximum atomic E-state index is 13.3. The van der Waals surface area contributed by atoms with Gasteiger partial charge >= 0.3 is 0 Å². The van der Waals surface area contributed by atoms with Crippen molar-refractivity contribution in [3.05, 3.63) is 101 Å². The molecule has 1 heterocycles. The van der Waals surface area contributed by atoms with Crippen LogP contribution in [0.1, 0.15) is 21.5 Å². The van der Waals surface area contributed by atoms with Crippen molar-refractivity contribution in [1.82, 2.24) is 10.2 Å². The molecule has 6 nitrogen and oxygen atoms in total. The van der Waals surface area contributed by atoms with Gasteiger partial charge < -0.3 is 19.7 Å². The highest BCUT2D eigenvalue weighted by Gasteiger charge is 2.22. The molecular formula is C27H26N2O4. The Morgan fingerprint density at radius 3 is 2.33 bits per heavy atom. The zero-order valence-electron chi connectivity index (χ0n) is 18.5. The van der Waals surface area contributed by atoms with Gasteiger partial charge in [-0.2, -0.15) is 0 Å². The number of aryl methyl sites for hydroxylation is 1. The third-order valence-electron chi connectivity index (χ3n) is 5.24. The van der Waals surface area contributed by atoms with E-state index in [-0.39, 0.29) is 17.5 Å². The van der Waals surface area contributed by atoms with E-state index in [2.05, 4.69) is 5.32 Å². The number of para-hydroxylation sites is 1. The first-order valence-electron chi connectivity index (χ1n) is 10.9. The Bertz CT molecular complexity index is 1130. The molecule has 1 fully saturated rings. The van der Waals surface area contributed by atoms with E-state index in [0.717, 1.165) is 16.9 Å². The number of benzene rings is 3. The second-order valence-electron chi connectivity index (χ2n) is 7.77. The highest BCUT2D eigenvalue weighted by atomic mass is 16.5. The quantitative estimate of drug-likeness (QED) is 0.574. The SMILES string of the molecule is Cc1ccc(C(=O)N/C(=C\c2cccc(Oc3ccccc3)c2)C(=O)N2CCOCC2)cc1. The molecule has 0 spiro atoms. The van der Waals surface area contributed by atoms with Crippen molar-refractivity contribution in [2.45, 2.75) is 6.92 Å². The molecule has 0 radical (unpaired) electrons. The summed E-state index contributed by atoms with van der Waals surface area (Å²) in [6, 6.07) is 24.1. The second kappa shape index (κ2) is 10.6. The Labute approximate surface area is 193 Å². The first kappa shape index (κ1) is 22.3. The number of hydrogen-bond donors (Lipinski definition) is 1. The fraction of sp³-hybridized carbons (Fsp3) is 0.185. The van der Waals surface area contributed by atoms with Crippen molar-refractivity contribution >= 4 is 17.9 Å². The molecule has 4 rings (SSSR count). The fourth-order valence-electron chi connectivity index (χ4n) is 3.45. The zero-order chi connectivity index (χ0) is 23.0. The maximum Gasteiger partial charge on any atom is 0.270 e. The molecule has 1 aliphatic heterocycles. The average Bonchev–Trinajstić information content (AvgIpc) is 2.85. The zero-order valence-corrected chi connectivity index (χ0v) is 18.5. The van der Waals surface area contributed by atoms with Crippen LogP contribution in [0.4, 0.5) is 0 Å². The summed E-state index contributed by atoms with van der Waals surface area (Å²) < 4.78 is 11.3. The standard InChI is InChI=1S/C27H26N2O4/c1-20-10-12-22(13-11-20)26(30)28-25(27(31)29-14-16-32-17-15-29)19-21-6-5-9-24(18-21)33-23-7-3-2-4-8-23/h2-13,18-19H,14-17H2,1H3,(H,28,30)/b25-19-. The molecule has 0 bridgehead atoms. The molecule has 0 aliphatic carbocycles. The Balaban J connectivity index is 1.60. The molecule has 3 aromatic carbocycles. The number of rotatable bonds is 6. The number of ether oxygens (including phenoxy) is 2. The smallest absolute Gasteiger partial charge is 0.270 e. The van der Waals surface area contributed by atoms with Crippen molar-refractivity contribution in [1.29, 1.82) is 0 Å². The van der Waals surface area contributed by atoms with Gasteiger partial charge in [-0.1, -0.05) is 48.0 Å². The van der Waals surface area contributed by atoms with Crippen LogP contribution in [0.15, 0.2) is 84.6 Å². The monoisotopic (exact) mass is 442 g/mol. The molecule has 168 valence electrons. The lowest BCUT2D eigenvalue weighted by atomic mass is 10.1. The van der Waals surface area contributed by atoms with Gasteiger partial charge in [-0.15, -0.1) is 0 Å². The number of morpholine rings is 1. The van der Waals surface area contributed by atoms with Crippen LogP contribution in [-0.4, -0.2) is 43.0 Å². The molecule has 6 heteroatoms. The van der Waals surface area contributed by atoms with E-state index in [0.29, 0.717) is 37.6 Å². The summed E-state index contributed by atoms with van der Waals surface area (Å²) in [5, 5.41) is 2.82. The van der Waals surface area contributed by atoms with E-state index in [1.807, 2.05) is 73.7 Å². The van der Waals surface area contributed by atoms with Crippen LogP contribution in [0.5, 0.6) is 11.5 Å². The van der Waals surface area contributed by atoms with Gasteiger partial charge in [0.05, 0.1) is 13.2 Å². The molecule has 1 N–H and O–H groups in total. The number of carbonyl (C=O) groups excluding carboxylic acids is 2. The molecular weight excluding hydrogens is 416 g/mol. The maximum absolute atomic E-state index is 13.3. The Kier molecular flexibility index (Phi) is 7.17. The van der Waals surface area contributed by atoms with E-state index in [4.69, 9.17) is 9.47 Å². The normalized spacial score (nSPS) is 14.0. The number of carbonyl (C=O) groups is 2. The highest BCUT2D eigenvalue weighted by Crippen LogP contribution is 2.23. The molecule has 0 unspecified atom stereocenters. The lowest BCUT2D eigenvalue weighted by molar-refractivity contribution is -0.131. The second-order valence-corrected chi connectivity index (χ2v) is 7.77.